The lowest BCUT2D eigenvalue weighted by Gasteiger charge is -1.86. The van der Waals surface area contributed by atoms with Crippen LogP contribution in [0.5, 0.6) is 0 Å². The van der Waals surface area contributed by atoms with E-state index in [0.717, 1.165) is 5.56 Å². The summed E-state index contributed by atoms with van der Waals surface area (Å²) in [6.45, 7) is 3.43. The second-order valence-electron chi connectivity index (χ2n) is 1.86. The van der Waals surface area contributed by atoms with Gasteiger partial charge in [-0.05, 0) is 23.8 Å². The Kier molecular flexibility index (Phi) is 2.50. The van der Waals surface area contributed by atoms with Crippen LogP contribution >= 0.6 is 0 Å². The predicted molar refractivity (Wildman–Crippen MR) is 42.2 cm³/mol. The minimum atomic E-state index is 1.05. The summed E-state index contributed by atoms with van der Waals surface area (Å²) < 4.78 is 0. The van der Waals surface area contributed by atoms with Crippen molar-refractivity contribution in [1.82, 2.24) is 0 Å². The summed E-state index contributed by atoms with van der Waals surface area (Å²) in [5, 5.41) is 0. The molecule has 0 nitrogen and oxygen atoms in total. The number of hydrogen-bond acceptors (Lipinski definition) is 0. The van der Waals surface area contributed by atoms with Crippen molar-refractivity contribution in [3.63, 3.8) is 0 Å². The Labute approximate surface area is 61.5 Å². The van der Waals surface area contributed by atoms with Gasteiger partial charge >= 0.3 is 0 Å². The van der Waals surface area contributed by atoms with E-state index in [9.17, 15) is 0 Å². The molecule has 0 aliphatic rings. The fourth-order valence-electron chi connectivity index (χ4n) is 0.669. The normalized spacial score (nSPS) is 10.0. The number of hydrogen-bond donors (Lipinski definition) is 0. The van der Waals surface area contributed by atoms with Crippen molar-refractivity contribution in [3.05, 3.63) is 60.7 Å². The van der Waals surface area contributed by atoms with Gasteiger partial charge in [-0.15, -0.1) is 0 Å². The van der Waals surface area contributed by atoms with Crippen LogP contribution in [-0.4, -0.2) is 0 Å². The van der Waals surface area contributed by atoms with E-state index in [4.69, 9.17) is 0 Å². The standard InChI is InChI=1S/C10H8/c1-2-3-7-10-8-5-4-6-9-10/h3-6,8-9H,1H2. The molecule has 1 aromatic carbocycles. The molecule has 1 rings (SSSR count). The molecular weight excluding hydrogens is 120 g/mol. The van der Waals surface area contributed by atoms with Crippen LogP contribution in [0.3, 0.4) is 0 Å². The minimum absolute atomic E-state index is 1.05. The molecule has 0 bridgehead atoms. The predicted octanol–water partition coefficient (Wildman–Crippen LogP) is 2.38. The Bertz CT molecular complexity index is 219. The van der Waals surface area contributed by atoms with Gasteiger partial charge in [-0.25, -0.2) is 0 Å². The highest BCUT2D eigenvalue weighted by Gasteiger charge is 1.79. The Morgan fingerprint density at radius 2 is 1.90 bits per heavy atom. The molecule has 0 saturated heterocycles. The van der Waals surface area contributed by atoms with Crippen LogP contribution in [0.15, 0.2) is 43.0 Å². The van der Waals surface area contributed by atoms with Gasteiger partial charge in [0.1, 0.15) is 0 Å². The number of benzene rings is 1. The summed E-state index contributed by atoms with van der Waals surface area (Å²) >= 11 is 0. The fourth-order valence-corrected chi connectivity index (χ4v) is 0.669. The van der Waals surface area contributed by atoms with Crippen molar-refractivity contribution in [2.45, 2.75) is 0 Å². The van der Waals surface area contributed by atoms with E-state index in [-0.39, 0.29) is 0 Å². The first kappa shape index (κ1) is 6.81. The van der Waals surface area contributed by atoms with Crippen LogP contribution < -0.4 is 0 Å². The highest BCUT2D eigenvalue weighted by atomic mass is 13.8. The zero-order valence-electron chi connectivity index (χ0n) is 5.67. The van der Waals surface area contributed by atoms with Crippen molar-refractivity contribution in [1.29, 1.82) is 0 Å². The van der Waals surface area contributed by atoms with Gasteiger partial charge in [0, 0.05) is 0 Å². The van der Waals surface area contributed by atoms with Crippen LogP contribution in [0.4, 0.5) is 0 Å². The Hall–Kier alpha value is -1.30. The van der Waals surface area contributed by atoms with Gasteiger partial charge in [0.2, 0.25) is 0 Å². The molecule has 0 atom stereocenters. The summed E-state index contributed by atoms with van der Waals surface area (Å²) in [6.07, 6.45) is 7.30. The van der Waals surface area contributed by atoms with Crippen LogP contribution in [-0.2, 0) is 0 Å². The van der Waals surface area contributed by atoms with Crippen molar-refractivity contribution in [3.8, 4) is 0 Å². The summed E-state index contributed by atoms with van der Waals surface area (Å²) in [4.78, 5) is 0. The SMILES string of the molecule is C=[C]/C=[C]\c1ccccc1. The minimum Gasteiger partial charge on any atom is -0.0912 e. The molecule has 0 unspecified atom stereocenters. The van der Waals surface area contributed by atoms with E-state index in [1.54, 1.807) is 6.08 Å². The fraction of sp³-hybridized carbons (Fsp3) is 0. The third-order valence-electron chi connectivity index (χ3n) is 1.11. The lowest BCUT2D eigenvalue weighted by Crippen LogP contribution is -1.68. The molecule has 0 aliphatic carbocycles. The Balaban J connectivity index is 2.76. The smallest absolute Gasteiger partial charge is 0.00992 e. The lowest BCUT2D eigenvalue weighted by molar-refractivity contribution is 1.56. The largest absolute Gasteiger partial charge is 0.0912 e. The molecule has 0 aliphatic heterocycles. The van der Waals surface area contributed by atoms with E-state index in [0.29, 0.717) is 0 Å². The Morgan fingerprint density at radius 1 is 1.20 bits per heavy atom. The molecule has 0 N–H and O–H groups in total. The monoisotopic (exact) mass is 128 g/mol. The first-order chi connectivity index (χ1) is 4.93. The van der Waals surface area contributed by atoms with E-state index < -0.39 is 0 Å². The third kappa shape index (κ3) is 1.90. The van der Waals surface area contributed by atoms with E-state index in [2.05, 4.69) is 18.7 Å². The first-order valence-electron chi connectivity index (χ1n) is 3.09. The summed E-state index contributed by atoms with van der Waals surface area (Å²) in [6, 6.07) is 9.88. The van der Waals surface area contributed by atoms with Gasteiger partial charge in [-0.1, -0.05) is 36.9 Å². The molecule has 0 amide bonds. The van der Waals surface area contributed by atoms with Gasteiger partial charge in [0.25, 0.3) is 0 Å². The second-order valence-corrected chi connectivity index (χ2v) is 1.86. The average molecular weight is 128 g/mol. The second kappa shape index (κ2) is 3.67. The average Bonchev–Trinajstić information content (AvgIpc) is 2.03. The van der Waals surface area contributed by atoms with Crippen LogP contribution in [0, 0.1) is 12.2 Å². The quantitative estimate of drug-likeness (QED) is 0.536. The molecule has 0 heterocycles. The van der Waals surface area contributed by atoms with Crippen molar-refractivity contribution in [2.24, 2.45) is 0 Å². The molecule has 0 fully saturated rings. The van der Waals surface area contributed by atoms with Crippen LogP contribution in [0.2, 0.25) is 0 Å². The molecule has 0 saturated carbocycles. The number of rotatable bonds is 2. The van der Waals surface area contributed by atoms with Gasteiger partial charge in [-0.3, -0.25) is 0 Å². The molecule has 0 spiro atoms. The molecule has 0 heteroatoms. The maximum absolute atomic E-state index is 3.43. The lowest BCUT2D eigenvalue weighted by atomic mass is 10.2. The topological polar surface area (TPSA) is 0 Å². The van der Waals surface area contributed by atoms with Crippen LogP contribution in [0.25, 0.3) is 0 Å². The first-order valence-corrected chi connectivity index (χ1v) is 3.09. The summed E-state index contributed by atoms with van der Waals surface area (Å²) in [5.74, 6) is 0. The molecule has 2 radical (unpaired) electrons. The van der Waals surface area contributed by atoms with Crippen LogP contribution in [0.1, 0.15) is 5.56 Å². The van der Waals surface area contributed by atoms with Gasteiger partial charge in [-0.2, -0.15) is 0 Å². The highest BCUT2D eigenvalue weighted by Crippen LogP contribution is 1.96. The van der Waals surface area contributed by atoms with Crippen molar-refractivity contribution in [2.75, 3.05) is 0 Å². The Morgan fingerprint density at radius 3 is 2.50 bits per heavy atom. The van der Waals surface area contributed by atoms with E-state index >= 15 is 0 Å². The zero-order chi connectivity index (χ0) is 7.23. The van der Waals surface area contributed by atoms with E-state index in [1.807, 2.05) is 30.3 Å². The van der Waals surface area contributed by atoms with Gasteiger partial charge < -0.3 is 0 Å². The third-order valence-corrected chi connectivity index (χ3v) is 1.11. The van der Waals surface area contributed by atoms with Crippen molar-refractivity contribution >= 4 is 0 Å². The zero-order valence-corrected chi connectivity index (χ0v) is 5.67. The van der Waals surface area contributed by atoms with Crippen molar-refractivity contribution < 1.29 is 0 Å². The molecular formula is C10H8. The van der Waals surface area contributed by atoms with Gasteiger partial charge in [0.05, 0.1) is 0 Å². The molecule has 1 aromatic rings. The summed E-state index contributed by atoms with van der Waals surface area (Å²) in [5.41, 5.74) is 1.05. The maximum Gasteiger partial charge on any atom is -0.00992 e. The number of allylic oxidation sites excluding steroid dienone is 2. The van der Waals surface area contributed by atoms with E-state index in [1.165, 1.54) is 0 Å². The maximum atomic E-state index is 3.43. The molecule has 48 valence electrons. The molecule has 0 aromatic heterocycles. The molecule has 10 heavy (non-hydrogen) atoms. The summed E-state index contributed by atoms with van der Waals surface area (Å²) in [7, 11) is 0. The van der Waals surface area contributed by atoms with Gasteiger partial charge in [0.15, 0.2) is 0 Å². The highest BCUT2D eigenvalue weighted by molar-refractivity contribution is 5.22.